The molecule has 1 N–H and O–H groups in total. The van der Waals surface area contributed by atoms with Gasteiger partial charge in [-0.05, 0) is 19.3 Å². The number of hydrogen-bond donors (Lipinski definition) is 1. The second-order valence-electron chi connectivity index (χ2n) is 3.68. The van der Waals surface area contributed by atoms with Crippen LogP contribution in [-0.2, 0) is 0 Å². The van der Waals surface area contributed by atoms with Crippen LogP contribution in [0, 0.1) is 11.3 Å². The first-order valence-corrected chi connectivity index (χ1v) is 5.36. The lowest BCUT2D eigenvalue weighted by molar-refractivity contribution is 0.392. The van der Waals surface area contributed by atoms with Gasteiger partial charge in [0.15, 0.2) is 0 Å². The molecule has 1 atom stereocenters. The Morgan fingerprint density at radius 3 is 2.14 bits per heavy atom. The van der Waals surface area contributed by atoms with Crippen molar-refractivity contribution in [3.8, 4) is 0 Å². The summed E-state index contributed by atoms with van der Waals surface area (Å²) in [4.78, 5) is 1.98. The molecule has 0 spiro atoms. The van der Waals surface area contributed by atoms with Crippen LogP contribution in [0.3, 0.4) is 0 Å². The SMILES string of the molecule is C=CCC.CCC(C)CN(C)C(C)=N. The highest BCUT2D eigenvalue weighted by molar-refractivity contribution is 5.75. The lowest BCUT2D eigenvalue weighted by atomic mass is 10.1. The molecule has 0 aromatic heterocycles. The fraction of sp³-hybridized carbons (Fsp3) is 0.750. The van der Waals surface area contributed by atoms with E-state index in [-0.39, 0.29) is 0 Å². The third-order valence-corrected chi connectivity index (χ3v) is 2.14. The van der Waals surface area contributed by atoms with Crippen LogP contribution in [0.25, 0.3) is 0 Å². The molecule has 0 bridgehead atoms. The van der Waals surface area contributed by atoms with Crippen molar-refractivity contribution in [2.45, 2.75) is 40.5 Å². The molecule has 0 saturated carbocycles. The molecular weight excluding hydrogens is 172 g/mol. The summed E-state index contributed by atoms with van der Waals surface area (Å²) in [6, 6.07) is 0. The fourth-order valence-corrected chi connectivity index (χ4v) is 0.734. The zero-order valence-corrected chi connectivity index (χ0v) is 10.4. The summed E-state index contributed by atoms with van der Waals surface area (Å²) >= 11 is 0. The van der Waals surface area contributed by atoms with E-state index in [1.54, 1.807) is 0 Å². The van der Waals surface area contributed by atoms with Gasteiger partial charge in [-0.2, -0.15) is 0 Å². The van der Waals surface area contributed by atoms with Crippen LogP contribution in [0.1, 0.15) is 40.5 Å². The Hall–Kier alpha value is -0.790. The zero-order chi connectivity index (χ0) is 11.6. The molecule has 0 radical (unpaired) electrons. The molecule has 0 saturated heterocycles. The van der Waals surface area contributed by atoms with E-state index in [9.17, 15) is 0 Å². The molecule has 0 heterocycles. The third-order valence-electron chi connectivity index (χ3n) is 2.14. The molecule has 2 nitrogen and oxygen atoms in total. The van der Waals surface area contributed by atoms with Gasteiger partial charge in [0.1, 0.15) is 0 Å². The molecule has 0 aliphatic carbocycles. The minimum Gasteiger partial charge on any atom is -0.364 e. The predicted molar refractivity (Wildman–Crippen MR) is 66.0 cm³/mol. The summed E-state index contributed by atoms with van der Waals surface area (Å²) in [5.41, 5.74) is 0. The molecule has 0 aliphatic rings. The van der Waals surface area contributed by atoms with Crippen molar-refractivity contribution < 1.29 is 0 Å². The molecule has 2 heteroatoms. The van der Waals surface area contributed by atoms with Gasteiger partial charge in [0.2, 0.25) is 0 Å². The summed E-state index contributed by atoms with van der Waals surface area (Å²) in [6.07, 6.45) is 4.15. The third kappa shape index (κ3) is 11.2. The van der Waals surface area contributed by atoms with Crippen molar-refractivity contribution in [3.05, 3.63) is 12.7 Å². The van der Waals surface area contributed by atoms with Gasteiger partial charge in [-0.15, -0.1) is 6.58 Å². The fourth-order valence-electron chi connectivity index (χ4n) is 0.734. The van der Waals surface area contributed by atoms with Gasteiger partial charge < -0.3 is 4.90 Å². The van der Waals surface area contributed by atoms with Crippen LogP contribution in [0.2, 0.25) is 0 Å². The highest BCUT2D eigenvalue weighted by Crippen LogP contribution is 2.01. The van der Waals surface area contributed by atoms with E-state index >= 15 is 0 Å². The van der Waals surface area contributed by atoms with Gasteiger partial charge in [-0.1, -0.05) is 33.3 Å². The molecular formula is C12H26N2. The number of amidine groups is 1. The van der Waals surface area contributed by atoms with Gasteiger partial charge in [-0.3, -0.25) is 5.41 Å². The Balaban J connectivity index is 0. The monoisotopic (exact) mass is 198 g/mol. The van der Waals surface area contributed by atoms with E-state index in [1.807, 2.05) is 24.9 Å². The molecule has 0 rings (SSSR count). The van der Waals surface area contributed by atoms with Crippen molar-refractivity contribution >= 4 is 5.84 Å². The minimum absolute atomic E-state index is 0.653. The summed E-state index contributed by atoms with van der Waals surface area (Å²) in [5.74, 6) is 1.35. The predicted octanol–water partition coefficient (Wildman–Crippen LogP) is 3.54. The van der Waals surface area contributed by atoms with Crippen LogP contribution in [0.4, 0.5) is 0 Å². The molecule has 0 fully saturated rings. The van der Waals surface area contributed by atoms with Crippen molar-refractivity contribution in [2.24, 2.45) is 5.92 Å². The minimum atomic E-state index is 0.653. The lowest BCUT2D eigenvalue weighted by Crippen LogP contribution is -2.27. The number of nitrogens with zero attached hydrogens (tertiary/aromatic N) is 1. The highest BCUT2D eigenvalue weighted by atomic mass is 15.1. The molecule has 1 unspecified atom stereocenters. The quantitative estimate of drug-likeness (QED) is 0.417. The van der Waals surface area contributed by atoms with E-state index in [1.165, 1.54) is 6.42 Å². The summed E-state index contributed by atoms with van der Waals surface area (Å²) < 4.78 is 0. The largest absolute Gasteiger partial charge is 0.364 e. The van der Waals surface area contributed by atoms with Gasteiger partial charge in [0.25, 0.3) is 0 Å². The maximum Gasteiger partial charge on any atom is 0.0923 e. The Labute approximate surface area is 89.5 Å². The first kappa shape index (κ1) is 15.7. The number of nitrogens with one attached hydrogen (secondary N) is 1. The number of hydrogen-bond acceptors (Lipinski definition) is 1. The second kappa shape index (κ2) is 10.3. The second-order valence-corrected chi connectivity index (χ2v) is 3.68. The average Bonchev–Trinajstić information content (AvgIpc) is 2.17. The van der Waals surface area contributed by atoms with Crippen LogP contribution in [0.5, 0.6) is 0 Å². The molecule has 0 amide bonds. The van der Waals surface area contributed by atoms with Crippen molar-refractivity contribution in [2.75, 3.05) is 13.6 Å². The van der Waals surface area contributed by atoms with Crippen LogP contribution in [-0.4, -0.2) is 24.3 Å². The first-order chi connectivity index (χ1) is 6.49. The topological polar surface area (TPSA) is 27.1 Å². The smallest absolute Gasteiger partial charge is 0.0923 e. The van der Waals surface area contributed by atoms with E-state index < -0.39 is 0 Å². The molecule has 84 valence electrons. The normalized spacial score (nSPS) is 10.9. The van der Waals surface area contributed by atoms with E-state index in [2.05, 4.69) is 27.4 Å². The number of allylic oxidation sites excluding steroid dienone is 1. The molecule has 0 aromatic rings. The molecule has 14 heavy (non-hydrogen) atoms. The summed E-state index contributed by atoms with van der Waals surface area (Å²) in [6.45, 7) is 12.8. The zero-order valence-electron chi connectivity index (χ0n) is 10.4. The van der Waals surface area contributed by atoms with Crippen molar-refractivity contribution in [1.82, 2.24) is 4.90 Å². The van der Waals surface area contributed by atoms with E-state index in [0.717, 1.165) is 13.0 Å². The Morgan fingerprint density at radius 2 is 1.93 bits per heavy atom. The first-order valence-electron chi connectivity index (χ1n) is 5.36. The summed E-state index contributed by atoms with van der Waals surface area (Å²) in [5, 5.41) is 7.29. The average molecular weight is 198 g/mol. The maximum absolute atomic E-state index is 7.29. The molecule has 0 aliphatic heterocycles. The van der Waals surface area contributed by atoms with E-state index in [0.29, 0.717) is 11.8 Å². The number of rotatable bonds is 4. The molecule has 0 aromatic carbocycles. The Morgan fingerprint density at radius 1 is 1.50 bits per heavy atom. The van der Waals surface area contributed by atoms with Crippen molar-refractivity contribution in [1.29, 1.82) is 5.41 Å². The summed E-state index contributed by atoms with van der Waals surface area (Å²) in [7, 11) is 1.97. The standard InChI is InChI=1S/C8H18N2.C4H8/c1-5-7(2)6-10(4)8(3)9;1-3-4-2/h7,9H,5-6H2,1-4H3;3H,1,4H2,2H3. The Bertz CT molecular complexity index is 152. The van der Waals surface area contributed by atoms with Crippen LogP contribution in [0.15, 0.2) is 12.7 Å². The van der Waals surface area contributed by atoms with E-state index in [4.69, 9.17) is 5.41 Å². The van der Waals surface area contributed by atoms with Gasteiger partial charge in [0.05, 0.1) is 5.84 Å². The van der Waals surface area contributed by atoms with Gasteiger partial charge >= 0.3 is 0 Å². The van der Waals surface area contributed by atoms with Gasteiger partial charge in [-0.25, -0.2) is 0 Å². The maximum atomic E-state index is 7.29. The Kier molecular flexibility index (Phi) is 11.5. The van der Waals surface area contributed by atoms with Crippen LogP contribution >= 0.6 is 0 Å². The van der Waals surface area contributed by atoms with Gasteiger partial charge in [0, 0.05) is 13.6 Å². The lowest BCUT2D eigenvalue weighted by Gasteiger charge is -2.20. The highest BCUT2D eigenvalue weighted by Gasteiger charge is 2.03. The van der Waals surface area contributed by atoms with Crippen LogP contribution < -0.4 is 0 Å². The van der Waals surface area contributed by atoms with Crippen molar-refractivity contribution in [3.63, 3.8) is 0 Å².